The van der Waals surface area contributed by atoms with Crippen LogP contribution in [0.25, 0.3) is 21.7 Å². The van der Waals surface area contributed by atoms with Crippen LogP contribution >= 0.6 is 0 Å². The Morgan fingerprint density at radius 1 is 0.929 bits per heavy atom. The summed E-state index contributed by atoms with van der Waals surface area (Å²) >= 11 is 0. The topological polar surface area (TPSA) is 45.5 Å². The molecule has 1 aliphatic rings. The first-order chi connectivity index (χ1) is 13.8. The largest absolute Gasteiger partial charge is 0.451 e. The number of fused-ring (bicyclic) bond motifs is 3. The van der Waals surface area contributed by atoms with Crippen molar-refractivity contribution >= 4 is 33.3 Å². The molecule has 4 aromatic rings. The maximum Gasteiger partial charge on any atom is 0.287 e. The summed E-state index contributed by atoms with van der Waals surface area (Å²) in [4.78, 5) is 15.0. The highest BCUT2D eigenvalue weighted by atomic mass is 16.3. The first kappa shape index (κ1) is 16.9. The quantitative estimate of drug-likeness (QED) is 0.542. The molecule has 1 aromatic heterocycles. The molecule has 0 unspecified atom stereocenters. The van der Waals surface area contributed by atoms with E-state index in [0.29, 0.717) is 12.3 Å². The summed E-state index contributed by atoms with van der Waals surface area (Å²) in [6.07, 6.45) is 2.54. The van der Waals surface area contributed by atoms with Gasteiger partial charge in [0.05, 0.1) is 0 Å². The summed E-state index contributed by atoms with van der Waals surface area (Å²) in [5, 5.41) is 6.17. The molecule has 0 radical (unpaired) electrons. The number of rotatable bonds is 4. The van der Waals surface area contributed by atoms with Crippen LogP contribution in [0.5, 0.6) is 0 Å². The summed E-state index contributed by atoms with van der Waals surface area (Å²) in [6, 6.07) is 22.3. The number of benzene rings is 3. The summed E-state index contributed by atoms with van der Waals surface area (Å²) in [6.45, 7) is 2.75. The van der Waals surface area contributed by atoms with E-state index in [-0.39, 0.29) is 5.91 Å². The summed E-state index contributed by atoms with van der Waals surface area (Å²) in [7, 11) is 0. The third-order valence-corrected chi connectivity index (χ3v) is 5.51. The van der Waals surface area contributed by atoms with Crippen molar-refractivity contribution in [3.05, 3.63) is 78.1 Å². The minimum atomic E-state index is -0.191. The number of amides is 1. The number of anilines is 1. The molecule has 4 heteroatoms. The average molecular weight is 370 g/mol. The van der Waals surface area contributed by atoms with Gasteiger partial charge in [0.1, 0.15) is 5.58 Å². The zero-order chi connectivity index (χ0) is 18.9. The molecule has 2 heterocycles. The monoisotopic (exact) mass is 370 g/mol. The first-order valence-electron chi connectivity index (χ1n) is 9.81. The minimum Gasteiger partial charge on any atom is -0.451 e. The highest BCUT2D eigenvalue weighted by molar-refractivity contribution is 6.08. The predicted octanol–water partition coefficient (Wildman–Crippen LogP) is 5.12. The number of nitrogens with zero attached hydrogens (tertiary/aromatic N) is 1. The van der Waals surface area contributed by atoms with E-state index in [1.54, 1.807) is 0 Å². The Morgan fingerprint density at radius 3 is 2.54 bits per heavy atom. The number of carbonyl (C=O) groups is 1. The molecule has 0 saturated carbocycles. The van der Waals surface area contributed by atoms with Gasteiger partial charge in [-0.25, -0.2) is 0 Å². The fourth-order valence-electron chi connectivity index (χ4n) is 3.97. The lowest BCUT2D eigenvalue weighted by Crippen LogP contribution is -2.22. The standard InChI is InChI=1S/C24H22N2O2/c27-24(25-16-17-7-10-19(11-8-17)26-13-3-4-14-26)23-15-21-20-6-2-1-5-18(20)9-12-22(21)28-23/h1-2,5-12,15H,3-4,13-14,16H2,(H,25,27). The van der Waals surface area contributed by atoms with Gasteiger partial charge in [0.2, 0.25) is 0 Å². The highest BCUT2D eigenvalue weighted by Gasteiger charge is 2.14. The molecule has 3 aromatic carbocycles. The van der Waals surface area contributed by atoms with Crippen molar-refractivity contribution in [1.82, 2.24) is 5.32 Å². The smallest absolute Gasteiger partial charge is 0.287 e. The minimum absolute atomic E-state index is 0.191. The van der Waals surface area contributed by atoms with Crippen molar-refractivity contribution in [1.29, 1.82) is 0 Å². The summed E-state index contributed by atoms with van der Waals surface area (Å²) in [5.74, 6) is 0.156. The Bertz CT molecular complexity index is 1140. The lowest BCUT2D eigenvalue weighted by Gasteiger charge is -2.17. The van der Waals surface area contributed by atoms with Gasteiger partial charge in [-0.2, -0.15) is 0 Å². The fraction of sp³-hybridized carbons (Fsp3) is 0.208. The maximum atomic E-state index is 12.6. The van der Waals surface area contributed by atoms with Crippen molar-refractivity contribution in [2.75, 3.05) is 18.0 Å². The van der Waals surface area contributed by atoms with Crippen LogP contribution in [0.1, 0.15) is 29.0 Å². The van der Waals surface area contributed by atoms with E-state index in [4.69, 9.17) is 4.42 Å². The van der Waals surface area contributed by atoms with Gasteiger partial charge in [-0.15, -0.1) is 0 Å². The number of furan rings is 1. The average Bonchev–Trinajstić information content (AvgIpc) is 3.42. The van der Waals surface area contributed by atoms with E-state index in [1.807, 2.05) is 30.3 Å². The maximum absolute atomic E-state index is 12.6. The van der Waals surface area contributed by atoms with Crippen molar-refractivity contribution in [2.24, 2.45) is 0 Å². The lowest BCUT2D eigenvalue weighted by molar-refractivity contribution is 0.0925. The molecular weight excluding hydrogens is 348 g/mol. The van der Waals surface area contributed by atoms with Gasteiger partial charge >= 0.3 is 0 Å². The molecule has 1 fully saturated rings. The molecule has 0 spiro atoms. The number of carbonyl (C=O) groups excluding carboxylic acids is 1. The van der Waals surface area contributed by atoms with Crippen molar-refractivity contribution in [3.63, 3.8) is 0 Å². The van der Waals surface area contributed by atoms with Gasteiger partial charge in [0.25, 0.3) is 5.91 Å². The van der Waals surface area contributed by atoms with Crippen LogP contribution in [0, 0.1) is 0 Å². The Kier molecular flexibility index (Phi) is 4.24. The van der Waals surface area contributed by atoms with Crippen LogP contribution in [0.15, 0.2) is 71.1 Å². The van der Waals surface area contributed by atoms with Crippen LogP contribution in [0.4, 0.5) is 5.69 Å². The zero-order valence-electron chi connectivity index (χ0n) is 15.7. The molecule has 1 amide bonds. The molecular formula is C24H22N2O2. The SMILES string of the molecule is O=C(NCc1ccc(N2CCCC2)cc1)c1cc2c(ccc3ccccc32)o1. The van der Waals surface area contributed by atoms with Gasteiger partial charge in [-0.05, 0) is 53.4 Å². The molecule has 28 heavy (non-hydrogen) atoms. The van der Waals surface area contributed by atoms with Crippen LogP contribution in [0.3, 0.4) is 0 Å². The van der Waals surface area contributed by atoms with E-state index in [1.165, 1.54) is 18.5 Å². The van der Waals surface area contributed by atoms with E-state index in [2.05, 4.69) is 46.6 Å². The van der Waals surface area contributed by atoms with Crippen molar-refractivity contribution in [3.8, 4) is 0 Å². The van der Waals surface area contributed by atoms with Crippen molar-refractivity contribution < 1.29 is 9.21 Å². The second-order valence-electron chi connectivity index (χ2n) is 7.35. The van der Waals surface area contributed by atoms with Crippen LogP contribution < -0.4 is 10.2 Å². The van der Waals surface area contributed by atoms with E-state index in [0.717, 1.165) is 40.4 Å². The van der Waals surface area contributed by atoms with Gasteiger partial charge in [-0.3, -0.25) is 4.79 Å². The van der Waals surface area contributed by atoms with Gasteiger partial charge < -0.3 is 14.6 Å². The Morgan fingerprint density at radius 2 is 1.71 bits per heavy atom. The second-order valence-corrected chi connectivity index (χ2v) is 7.35. The molecule has 0 bridgehead atoms. The van der Waals surface area contributed by atoms with E-state index >= 15 is 0 Å². The Hall–Kier alpha value is -3.27. The van der Waals surface area contributed by atoms with E-state index < -0.39 is 0 Å². The first-order valence-corrected chi connectivity index (χ1v) is 9.81. The zero-order valence-corrected chi connectivity index (χ0v) is 15.7. The second kappa shape index (κ2) is 7.04. The van der Waals surface area contributed by atoms with Gasteiger partial charge in [-0.1, -0.05) is 42.5 Å². The third-order valence-electron chi connectivity index (χ3n) is 5.51. The molecule has 0 atom stereocenters. The molecule has 1 saturated heterocycles. The molecule has 0 aliphatic carbocycles. The van der Waals surface area contributed by atoms with Crippen LogP contribution in [0.2, 0.25) is 0 Å². The number of hydrogen-bond donors (Lipinski definition) is 1. The molecule has 1 aliphatic heterocycles. The molecule has 1 N–H and O–H groups in total. The highest BCUT2D eigenvalue weighted by Crippen LogP contribution is 2.28. The molecule has 140 valence electrons. The fourth-order valence-corrected chi connectivity index (χ4v) is 3.97. The van der Waals surface area contributed by atoms with Crippen molar-refractivity contribution in [2.45, 2.75) is 19.4 Å². The Labute approximate surface area is 163 Å². The van der Waals surface area contributed by atoms with E-state index in [9.17, 15) is 4.79 Å². The lowest BCUT2D eigenvalue weighted by atomic mass is 10.1. The Balaban J connectivity index is 1.31. The molecule has 4 nitrogen and oxygen atoms in total. The summed E-state index contributed by atoms with van der Waals surface area (Å²) in [5.41, 5.74) is 3.08. The predicted molar refractivity (Wildman–Crippen MR) is 113 cm³/mol. The third kappa shape index (κ3) is 3.11. The normalized spacial score (nSPS) is 14.1. The molecule has 5 rings (SSSR count). The summed E-state index contributed by atoms with van der Waals surface area (Å²) < 4.78 is 5.79. The number of hydrogen-bond acceptors (Lipinski definition) is 3. The van der Waals surface area contributed by atoms with Crippen LogP contribution in [-0.4, -0.2) is 19.0 Å². The number of nitrogens with one attached hydrogen (secondary N) is 1. The van der Waals surface area contributed by atoms with Crippen LogP contribution in [-0.2, 0) is 6.54 Å². The van der Waals surface area contributed by atoms with Gasteiger partial charge in [0.15, 0.2) is 5.76 Å². The van der Waals surface area contributed by atoms with Gasteiger partial charge in [0, 0.05) is 30.7 Å².